The second-order valence-electron chi connectivity index (χ2n) is 9.93. The Labute approximate surface area is 239 Å². The molecule has 4 aromatic rings. The number of carbonyl (C=O) groups is 3. The van der Waals surface area contributed by atoms with Gasteiger partial charge in [0.15, 0.2) is 5.78 Å². The Kier molecular flexibility index (Phi) is 10.1. The van der Waals surface area contributed by atoms with Gasteiger partial charge < -0.3 is 21.5 Å². The highest BCUT2D eigenvalue weighted by Crippen LogP contribution is 2.19. The van der Waals surface area contributed by atoms with Crippen LogP contribution >= 0.6 is 0 Å². The molecule has 4 rings (SSSR count). The van der Waals surface area contributed by atoms with Gasteiger partial charge in [-0.1, -0.05) is 66.7 Å². The van der Waals surface area contributed by atoms with Crippen molar-refractivity contribution in [1.29, 1.82) is 0 Å². The number of pyridine rings is 1. The van der Waals surface area contributed by atoms with Gasteiger partial charge in [0.05, 0.1) is 41.3 Å². The molecule has 2 amide bonds. The molecule has 9 nitrogen and oxygen atoms in total. The number of carbonyl (C=O) groups excluding carboxylic acids is 3. The molecule has 3 aromatic carbocycles. The molecule has 41 heavy (non-hydrogen) atoms. The van der Waals surface area contributed by atoms with E-state index in [1.165, 1.54) is 6.92 Å². The number of para-hydroxylation sites is 2. The molecule has 0 saturated heterocycles. The minimum absolute atomic E-state index is 0.0526. The van der Waals surface area contributed by atoms with Crippen LogP contribution in [0.2, 0.25) is 0 Å². The average molecular weight is 554 g/mol. The summed E-state index contributed by atoms with van der Waals surface area (Å²) in [6.45, 7) is 1.79. The standard InChI is InChI=1S/C32H35N5O4/c1-21(38)25-12-6-8-14-30(25)41-20-26(33)28(17-22-9-3-2-4-10-22)37-32(40)29(18-31(34)39)35-19-24-16-15-23-11-5-7-13-27(23)36-24/h2-16,26,28-29,35H,17-20,33H2,1H3,(H2,34,39)(H,37,40)/t26-,28+,29+/m1/s1. The van der Waals surface area contributed by atoms with Crippen molar-refractivity contribution < 1.29 is 19.1 Å². The number of benzene rings is 3. The zero-order valence-electron chi connectivity index (χ0n) is 23.0. The SMILES string of the molecule is CC(=O)c1ccccc1OC[C@@H](N)[C@H](Cc1ccccc1)NC(=O)[C@H](CC(N)=O)NCc1ccc2ccccc2n1. The van der Waals surface area contributed by atoms with Gasteiger partial charge >= 0.3 is 0 Å². The molecule has 0 saturated carbocycles. The van der Waals surface area contributed by atoms with Gasteiger partial charge in [0.2, 0.25) is 11.8 Å². The van der Waals surface area contributed by atoms with Crippen molar-refractivity contribution in [2.45, 2.75) is 44.4 Å². The van der Waals surface area contributed by atoms with Gasteiger partial charge in [0.1, 0.15) is 12.4 Å². The smallest absolute Gasteiger partial charge is 0.237 e. The average Bonchev–Trinajstić information content (AvgIpc) is 2.98. The highest BCUT2D eigenvalue weighted by atomic mass is 16.5. The molecule has 0 unspecified atom stereocenters. The lowest BCUT2D eigenvalue weighted by atomic mass is 9.99. The van der Waals surface area contributed by atoms with Crippen LogP contribution in [0.15, 0.2) is 91.0 Å². The first-order valence-electron chi connectivity index (χ1n) is 13.5. The third-order valence-electron chi connectivity index (χ3n) is 6.75. The third kappa shape index (κ3) is 8.44. The summed E-state index contributed by atoms with van der Waals surface area (Å²) in [7, 11) is 0. The van der Waals surface area contributed by atoms with Crippen molar-refractivity contribution in [3.8, 4) is 5.75 Å². The van der Waals surface area contributed by atoms with Gasteiger partial charge in [-0.2, -0.15) is 0 Å². The van der Waals surface area contributed by atoms with Crippen LogP contribution in [0.4, 0.5) is 0 Å². The molecule has 0 aliphatic heterocycles. The number of Topliss-reactive ketones (excluding diaryl/α,β-unsaturated/α-hetero) is 1. The van der Waals surface area contributed by atoms with Crippen LogP contribution in [-0.4, -0.2) is 47.3 Å². The minimum atomic E-state index is -0.898. The monoisotopic (exact) mass is 553 g/mol. The Morgan fingerprint density at radius 1 is 0.902 bits per heavy atom. The Balaban J connectivity index is 1.48. The van der Waals surface area contributed by atoms with Crippen LogP contribution in [0.1, 0.15) is 35.0 Å². The number of nitrogens with zero attached hydrogens (tertiary/aromatic N) is 1. The van der Waals surface area contributed by atoms with Gasteiger partial charge in [-0.15, -0.1) is 0 Å². The first-order valence-corrected chi connectivity index (χ1v) is 13.5. The molecule has 212 valence electrons. The number of ketones is 1. The van der Waals surface area contributed by atoms with Gasteiger partial charge in [-0.3, -0.25) is 24.7 Å². The molecule has 0 bridgehead atoms. The fourth-order valence-electron chi connectivity index (χ4n) is 4.54. The molecular formula is C32H35N5O4. The number of aromatic nitrogens is 1. The normalized spacial score (nSPS) is 13.2. The second kappa shape index (κ2) is 14.2. The lowest BCUT2D eigenvalue weighted by Crippen LogP contribution is -2.56. The number of primary amides is 1. The number of ether oxygens (including phenoxy) is 1. The molecule has 6 N–H and O–H groups in total. The number of nitrogens with two attached hydrogens (primary N) is 2. The molecule has 1 aromatic heterocycles. The van der Waals surface area contributed by atoms with Crippen LogP contribution in [0, 0.1) is 0 Å². The minimum Gasteiger partial charge on any atom is -0.491 e. The van der Waals surface area contributed by atoms with E-state index in [9.17, 15) is 14.4 Å². The van der Waals surface area contributed by atoms with E-state index >= 15 is 0 Å². The predicted octanol–water partition coefficient (Wildman–Crippen LogP) is 2.90. The zero-order valence-corrected chi connectivity index (χ0v) is 23.0. The molecular weight excluding hydrogens is 518 g/mol. The molecule has 0 aliphatic carbocycles. The largest absolute Gasteiger partial charge is 0.491 e. The number of amides is 2. The van der Waals surface area contributed by atoms with E-state index in [-0.39, 0.29) is 25.4 Å². The first-order chi connectivity index (χ1) is 19.8. The maximum absolute atomic E-state index is 13.5. The number of hydrogen-bond acceptors (Lipinski definition) is 7. The van der Waals surface area contributed by atoms with E-state index in [0.29, 0.717) is 17.7 Å². The summed E-state index contributed by atoms with van der Waals surface area (Å²) < 4.78 is 5.93. The van der Waals surface area contributed by atoms with Crippen LogP contribution in [-0.2, 0) is 22.6 Å². The summed E-state index contributed by atoms with van der Waals surface area (Å²) in [6, 6.07) is 26.1. The van der Waals surface area contributed by atoms with E-state index in [4.69, 9.17) is 16.2 Å². The number of fused-ring (bicyclic) bond motifs is 1. The Morgan fingerprint density at radius 3 is 2.37 bits per heavy atom. The summed E-state index contributed by atoms with van der Waals surface area (Å²) in [5.74, 6) is -0.719. The maximum atomic E-state index is 13.5. The van der Waals surface area contributed by atoms with E-state index < -0.39 is 29.9 Å². The summed E-state index contributed by atoms with van der Waals surface area (Å²) in [4.78, 5) is 42.0. The Bertz CT molecular complexity index is 1490. The van der Waals surface area contributed by atoms with Crippen LogP contribution in [0.5, 0.6) is 5.75 Å². The van der Waals surface area contributed by atoms with Gasteiger partial charge in [0, 0.05) is 11.9 Å². The molecule has 0 fully saturated rings. The Hall–Kier alpha value is -4.60. The topological polar surface area (TPSA) is 149 Å². The van der Waals surface area contributed by atoms with E-state index in [1.807, 2.05) is 66.7 Å². The van der Waals surface area contributed by atoms with Crippen molar-refractivity contribution in [2.24, 2.45) is 11.5 Å². The van der Waals surface area contributed by atoms with Crippen molar-refractivity contribution in [3.05, 3.63) is 108 Å². The van der Waals surface area contributed by atoms with Crippen molar-refractivity contribution in [3.63, 3.8) is 0 Å². The lowest BCUT2D eigenvalue weighted by molar-refractivity contribution is -0.127. The first kappa shape index (κ1) is 29.4. The summed E-state index contributed by atoms with van der Waals surface area (Å²) >= 11 is 0. The lowest BCUT2D eigenvalue weighted by Gasteiger charge is -2.28. The van der Waals surface area contributed by atoms with Crippen LogP contribution in [0.3, 0.4) is 0 Å². The van der Waals surface area contributed by atoms with Gasteiger partial charge in [0.25, 0.3) is 0 Å². The predicted molar refractivity (Wildman–Crippen MR) is 158 cm³/mol. The zero-order chi connectivity index (χ0) is 29.2. The molecule has 0 aliphatic rings. The Morgan fingerprint density at radius 2 is 1.61 bits per heavy atom. The molecule has 3 atom stereocenters. The summed E-state index contributed by atoms with van der Waals surface area (Å²) in [6.07, 6.45) is 0.232. The van der Waals surface area contributed by atoms with Crippen LogP contribution < -0.4 is 26.8 Å². The van der Waals surface area contributed by atoms with E-state index in [1.54, 1.807) is 24.3 Å². The highest BCUT2D eigenvalue weighted by molar-refractivity contribution is 5.96. The summed E-state index contributed by atoms with van der Waals surface area (Å²) in [5, 5.41) is 7.15. The van der Waals surface area contributed by atoms with Crippen LogP contribution in [0.25, 0.3) is 10.9 Å². The molecule has 1 heterocycles. The fourth-order valence-corrected chi connectivity index (χ4v) is 4.54. The molecule has 0 radical (unpaired) electrons. The fraction of sp³-hybridized carbons (Fsp3) is 0.250. The second-order valence-corrected chi connectivity index (χ2v) is 9.93. The number of rotatable bonds is 14. The van der Waals surface area contributed by atoms with Crippen molar-refractivity contribution in [1.82, 2.24) is 15.6 Å². The number of nitrogens with one attached hydrogen (secondary N) is 2. The van der Waals surface area contributed by atoms with E-state index in [0.717, 1.165) is 22.2 Å². The van der Waals surface area contributed by atoms with E-state index in [2.05, 4.69) is 15.6 Å². The highest BCUT2D eigenvalue weighted by Gasteiger charge is 2.27. The van der Waals surface area contributed by atoms with Gasteiger partial charge in [-0.05, 0) is 43.2 Å². The quantitative estimate of drug-likeness (QED) is 0.175. The number of hydrogen-bond donors (Lipinski definition) is 4. The van der Waals surface area contributed by atoms with Gasteiger partial charge in [-0.25, -0.2) is 0 Å². The maximum Gasteiger partial charge on any atom is 0.237 e. The van der Waals surface area contributed by atoms with Crippen molar-refractivity contribution >= 4 is 28.5 Å². The summed E-state index contributed by atoms with van der Waals surface area (Å²) in [5.41, 5.74) is 15.0. The van der Waals surface area contributed by atoms with Crippen molar-refractivity contribution in [2.75, 3.05) is 6.61 Å². The third-order valence-corrected chi connectivity index (χ3v) is 6.75. The molecule has 9 heteroatoms. The molecule has 0 spiro atoms.